The maximum atomic E-state index is 13.2. The first-order chi connectivity index (χ1) is 14.7. The van der Waals surface area contributed by atoms with Crippen molar-refractivity contribution in [2.75, 3.05) is 4.90 Å². The predicted molar refractivity (Wildman–Crippen MR) is 114 cm³/mol. The highest BCUT2D eigenvalue weighted by atomic mass is 16.5. The Hall–Kier alpha value is -3.67. The van der Waals surface area contributed by atoms with Gasteiger partial charge in [0.2, 0.25) is 5.91 Å². The SMILES string of the molecule is Cn1c(Oc2ccc(N3C(=O)C(C4CC4)c4cccnc43)cc2)nc2ccccc21. The molecule has 3 heterocycles. The van der Waals surface area contributed by atoms with Gasteiger partial charge in [0.15, 0.2) is 0 Å². The van der Waals surface area contributed by atoms with Gasteiger partial charge in [0.05, 0.1) is 22.6 Å². The average molecular weight is 396 g/mol. The van der Waals surface area contributed by atoms with E-state index < -0.39 is 0 Å². The normalized spacial score (nSPS) is 18.1. The van der Waals surface area contributed by atoms with Gasteiger partial charge in [0, 0.05) is 18.8 Å². The van der Waals surface area contributed by atoms with E-state index in [1.54, 1.807) is 11.1 Å². The Morgan fingerprint density at radius 2 is 1.80 bits per heavy atom. The summed E-state index contributed by atoms with van der Waals surface area (Å²) in [6, 6.07) is 19.9. The number of ether oxygens (including phenoxy) is 1. The predicted octanol–water partition coefficient (Wildman–Crippen LogP) is 4.93. The van der Waals surface area contributed by atoms with Gasteiger partial charge in [0.1, 0.15) is 11.6 Å². The van der Waals surface area contributed by atoms with Crippen molar-refractivity contribution in [1.29, 1.82) is 0 Å². The minimum atomic E-state index is -0.0652. The summed E-state index contributed by atoms with van der Waals surface area (Å²) in [7, 11) is 1.93. The highest BCUT2D eigenvalue weighted by Gasteiger charge is 2.47. The number of para-hydroxylation sites is 2. The molecule has 0 saturated heterocycles. The monoisotopic (exact) mass is 396 g/mol. The molecule has 1 aliphatic carbocycles. The van der Waals surface area contributed by atoms with Crippen LogP contribution in [-0.4, -0.2) is 20.4 Å². The maximum absolute atomic E-state index is 13.2. The van der Waals surface area contributed by atoms with E-state index in [0.29, 0.717) is 17.7 Å². The van der Waals surface area contributed by atoms with E-state index in [1.807, 2.05) is 72.3 Å². The molecule has 1 fully saturated rings. The maximum Gasteiger partial charge on any atom is 0.302 e. The average Bonchev–Trinajstić information content (AvgIpc) is 3.50. The molecule has 6 nitrogen and oxygen atoms in total. The number of pyridine rings is 1. The minimum Gasteiger partial charge on any atom is -0.425 e. The van der Waals surface area contributed by atoms with Gasteiger partial charge in [-0.3, -0.25) is 14.3 Å². The number of fused-ring (bicyclic) bond motifs is 2. The lowest BCUT2D eigenvalue weighted by atomic mass is 9.97. The number of aryl methyl sites for hydroxylation is 1. The zero-order valence-electron chi connectivity index (χ0n) is 16.5. The summed E-state index contributed by atoms with van der Waals surface area (Å²) in [5.41, 5.74) is 3.76. The lowest BCUT2D eigenvalue weighted by molar-refractivity contribution is -0.119. The van der Waals surface area contributed by atoms with Gasteiger partial charge in [-0.25, -0.2) is 4.98 Å². The van der Waals surface area contributed by atoms with Crippen LogP contribution in [-0.2, 0) is 11.8 Å². The molecule has 30 heavy (non-hydrogen) atoms. The van der Waals surface area contributed by atoms with E-state index >= 15 is 0 Å². The van der Waals surface area contributed by atoms with Crippen LogP contribution in [0.3, 0.4) is 0 Å². The Kier molecular flexibility index (Phi) is 3.68. The van der Waals surface area contributed by atoms with Crippen molar-refractivity contribution in [2.24, 2.45) is 13.0 Å². The lowest BCUT2D eigenvalue weighted by Crippen LogP contribution is -2.25. The molecule has 6 rings (SSSR count). The molecule has 1 aliphatic heterocycles. The highest BCUT2D eigenvalue weighted by molar-refractivity contribution is 6.09. The number of hydrogen-bond donors (Lipinski definition) is 0. The van der Waals surface area contributed by atoms with Gasteiger partial charge >= 0.3 is 6.01 Å². The van der Waals surface area contributed by atoms with Crippen molar-refractivity contribution in [2.45, 2.75) is 18.8 Å². The molecule has 2 aromatic carbocycles. The molecule has 1 atom stereocenters. The molecule has 0 N–H and O–H groups in total. The lowest BCUT2D eigenvalue weighted by Gasteiger charge is -2.17. The number of aromatic nitrogens is 3. The topological polar surface area (TPSA) is 60.2 Å². The molecule has 2 aliphatic rings. The zero-order valence-corrected chi connectivity index (χ0v) is 16.5. The largest absolute Gasteiger partial charge is 0.425 e. The van der Waals surface area contributed by atoms with Gasteiger partial charge in [-0.15, -0.1) is 0 Å². The summed E-state index contributed by atoms with van der Waals surface area (Å²) in [6.45, 7) is 0. The van der Waals surface area contributed by atoms with Crippen LogP contribution < -0.4 is 9.64 Å². The Morgan fingerprint density at radius 1 is 1.00 bits per heavy atom. The van der Waals surface area contributed by atoms with E-state index in [0.717, 1.165) is 40.9 Å². The molecule has 1 saturated carbocycles. The summed E-state index contributed by atoms with van der Waals surface area (Å²) in [4.78, 5) is 24.0. The van der Waals surface area contributed by atoms with Crippen LogP contribution in [0.25, 0.3) is 11.0 Å². The summed E-state index contributed by atoms with van der Waals surface area (Å²) < 4.78 is 7.93. The fourth-order valence-corrected chi connectivity index (χ4v) is 4.33. The van der Waals surface area contributed by atoms with Crippen LogP contribution in [0.4, 0.5) is 11.5 Å². The second-order valence-corrected chi connectivity index (χ2v) is 7.94. The number of hydrogen-bond acceptors (Lipinski definition) is 4. The molecule has 6 heteroatoms. The number of carbonyl (C=O) groups is 1. The fraction of sp³-hybridized carbons (Fsp3) is 0.208. The third kappa shape index (κ3) is 2.60. The van der Waals surface area contributed by atoms with E-state index in [4.69, 9.17) is 4.74 Å². The van der Waals surface area contributed by atoms with Crippen LogP contribution >= 0.6 is 0 Å². The third-order valence-corrected chi connectivity index (χ3v) is 5.99. The highest BCUT2D eigenvalue weighted by Crippen LogP contribution is 2.51. The van der Waals surface area contributed by atoms with E-state index in [1.165, 1.54) is 0 Å². The van der Waals surface area contributed by atoms with Crippen LogP contribution in [0.5, 0.6) is 11.8 Å². The van der Waals surface area contributed by atoms with Crippen LogP contribution in [0.15, 0.2) is 66.9 Å². The summed E-state index contributed by atoms with van der Waals surface area (Å²) >= 11 is 0. The molecule has 0 bridgehead atoms. The van der Waals surface area contributed by atoms with Crippen LogP contribution in [0.2, 0.25) is 0 Å². The van der Waals surface area contributed by atoms with Crippen molar-refractivity contribution in [3.05, 3.63) is 72.4 Å². The minimum absolute atomic E-state index is 0.0652. The van der Waals surface area contributed by atoms with E-state index in [-0.39, 0.29) is 11.8 Å². The molecular formula is C24H20N4O2. The van der Waals surface area contributed by atoms with Crippen LogP contribution in [0, 0.1) is 5.92 Å². The summed E-state index contributed by atoms with van der Waals surface area (Å²) in [5.74, 6) is 1.93. The quantitative estimate of drug-likeness (QED) is 0.491. The zero-order chi connectivity index (χ0) is 20.2. The molecule has 2 aromatic heterocycles. The third-order valence-electron chi connectivity index (χ3n) is 5.99. The Balaban J connectivity index is 1.31. The Morgan fingerprint density at radius 3 is 2.57 bits per heavy atom. The van der Waals surface area contributed by atoms with Crippen molar-refractivity contribution in [3.63, 3.8) is 0 Å². The Bertz CT molecular complexity index is 1270. The van der Waals surface area contributed by atoms with Crippen molar-refractivity contribution in [1.82, 2.24) is 14.5 Å². The number of benzene rings is 2. The van der Waals surface area contributed by atoms with Crippen molar-refractivity contribution >= 4 is 28.4 Å². The number of amides is 1. The molecule has 1 amide bonds. The number of anilines is 2. The molecule has 1 unspecified atom stereocenters. The molecular weight excluding hydrogens is 376 g/mol. The molecule has 148 valence electrons. The van der Waals surface area contributed by atoms with Crippen LogP contribution in [0.1, 0.15) is 24.3 Å². The first kappa shape index (κ1) is 17.2. The van der Waals surface area contributed by atoms with E-state index in [2.05, 4.69) is 9.97 Å². The summed E-state index contributed by atoms with van der Waals surface area (Å²) in [6.07, 6.45) is 3.98. The molecule has 0 spiro atoms. The Labute approximate surface area is 173 Å². The first-order valence-electron chi connectivity index (χ1n) is 10.2. The van der Waals surface area contributed by atoms with Crippen molar-refractivity contribution in [3.8, 4) is 11.8 Å². The summed E-state index contributed by atoms with van der Waals surface area (Å²) in [5, 5.41) is 0. The van der Waals surface area contributed by atoms with Gasteiger partial charge < -0.3 is 4.74 Å². The molecule has 0 radical (unpaired) electrons. The van der Waals surface area contributed by atoms with Gasteiger partial charge in [-0.05, 0) is 61.2 Å². The number of nitrogens with zero attached hydrogens (tertiary/aromatic N) is 4. The first-order valence-corrected chi connectivity index (χ1v) is 10.2. The van der Waals surface area contributed by atoms with Gasteiger partial charge in [-0.1, -0.05) is 18.2 Å². The molecule has 4 aromatic rings. The second kappa shape index (κ2) is 6.42. The standard InChI is InChI=1S/C24H20N4O2/c1-27-20-7-3-2-6-19(20)26-24(27)30-17-12-10-16(11-13-17)28-22-18(5-4-14-25-22)21(23(28)29)15-8-9-15/h2-7,10-15,21H,8-9H2,1H3. The fourth-order valence-electron chi connectivity index (χ4n) is 4.33. The van der Waals surface area contributed by atoms with Gasteiger partial charge in [-0.2, -0.15) is 4.98 Å². The number of rotatable bonds is 4. The number of carbonyl (C=O) groups excluding carboxylic acids is 1. The van der Waals surface area contributed by atoms with Gasteiger partial charge in [0.25, 0.3) is 0 Å². The van der Waals surface area contributed by atoms with Crippen molar-refractivity contribution < 1.29 is 9.53 Å². The second-order valence-electron chi connectivity index (χ2n) is 7.94. The van der Waals surface area contributed by atoms with E-state index in [9.17, 15) is 4.79 Å². The smallest absolute Gasteiger partial charge is 0.302 e. The number of imidazole rings is 1.